The van der Waals surface area contributed by atoms with Crippen molar-refractivity contribution in [3.8, 4) is 0 Å². The molecular weight excluding hydrogens is 309 g/mol. The lowest BCUT2D eigenvalue weighted by atomic mass is 9.97. The molecule has 0 aromatic heterocycles. The second-order valence-corrected chi connectivity index (χ2v) is 7.68. The molecule has 2 rings (SSSR count). The molecule has 0 spiro atoms. The molecule has 7 heteroatoms. The molecule has 1 aromatic rings. The number of β-amino-alcohol motifs (C(OH)–C–C–N with tert-alkyl or cyclic N) is 1. The van der Waals surface area contributed by atoms with Crippen molar-refractivity contribution in [1.29, 1.82) is 0 Å². The predicted octanol–water partition coefficient (Wildman–Crippen LogP) is 2.53. The van der Waals surface area contributed by atoms with Crippen LogP contribution in [-0.4, -0.2) is 36.5 Å². The van der Waals surface area contributed by atoms with Crippen LogP contribution in [-0.2, 0) is 10.0 Å². The molecule has 4 nitrogen and oxygen atoms in total. The molecule has 1 fully saturated rings. The minimum Gasteiger partial charge on any atom is -0.389 e. The van der Waals surface area contributed by atoms with Crippen LogP contribution in [0.25, 0.3) is 0 Å². The van der Waals surface area contributed by atoms with E-state index in [2.05, 4.69) is 0 Å². The van der Waals surface area contributed by atoms with Gasteiger partial charge in [-0.05, 0) is 31.9 Å². The molecule has 0 amide bonds. The van der Waals surface area contributed by atoms with Crippen molar-refractivity contribution in [2.24, 2.45) is 0 Å². The Morgan fingerprint density at radius 1 is 1.32 bits per heavy atom. The van der Waals surface area contributed by atoms with Gasteiger partial charge in [0.15, 0.2) is 0 Å². The summed E-state index contributed by atoms with van der Waals surface area (Å²) < 4.78 is 26.4. The van der Waals surface area contributed by atoms with Crippen LogP contribution in [0.5, 0.6) is 0 Å². The molecule has 0 radical (unpaired) electrons. The molecule has 1 aliphatic heterocycles. The van der Waals surface area contributed by atoms with Crippen molar-refractivity contribution in [1.82, 2.24) is 4.31 Å². The zero-order valence-electron chi connectivity index (χ0n) is 10.4. The Morgan fingerprint density at radius 2 is 1.89 bits per heavy atom. The van der Waals surface area contributed by atoms with Crippen molar-refractivity contribution in [2.45, 2.75) is 30.3 Å². The van der Waals surface area contributed by atoms with Gasteiger partial charge in [0, 0.05) is 13.1 Å². The summed E-state index contributed by atoms with van der Waals surface area (Å²) in [5.74, 6) is 0. The van der Waals surface area contributed by atoms with Gasteiger partial charge in [0.1, 0.15) is 4.90 Å². The number of benzene rings is 1. The largest absolute Gasteiger partial charge is 0.389 e. The lowest BCUT2D eigenvalue weighted by molar-refractivity contribution is 0.00940. The third-order valence-electron chi connectivity index (χ3n) is 3.16. The number of hydrogen-bond donors (Lipinski definition) is 1. The highest BCUT2D eigenvalue weighted by atomic mass is 35.5. The van der Waals surface area contributed by atoms with Crippen LogP contribution in [0.4, 0.5) is 0 Å². The number of aliphatic hydroxyl groups is 1. The van der Waals surface area contributed by atoms with Gasteiger partial charge in [0.05, 0.1) is 15.6 Å². The lowest BCUT2D eigenvalue weighted by Gasteiger charge is -2.36. The summed E-state index contributed by atoms with van der Waals surface area (Å²) in [6.45, 7) is 2.04. The van der Waals surface area contributed by atoms with Crippen molar-refractivity contribution in [2.75, 3.05) is 13.1 Å². The van der Waals surface area contributed by atoms with E-state index in [9.17, 15) is 13.5 Å². The lowest BCUT2D eigenvalue weighted by Crippen LogP contribution is -2.48. The molecule has 1 unspecified atom stereocenters. The third kappa shape index (κ3) is 3.06. The van der Waals surface area contributed by atoms with Gasteiger partial charge < -0.3 is 5.11 Å². The van der Waals surface area contributed by atoms with Crippen LogP contribution in [0.1, 0.15) is 19.8 Å². The molecule has 1 aromatic carbocycles. The van der Waals surface area contributed by atoms with E-state index in [1.54, 1.807) is 13.0 Å². The average molecular weight is 324 g/mol. The third-order valence-corrected chi connectivity index (χ3v) is 5.96. The molecule has 1 saturated heterocycles. The topological polar surface area (TPSA) is 57.6 Å². The Morgan fingerprint density at radius 3 is 2.42 bits per heavy atom. The summed E-state index contributed by atoms with van der Waals surface area (Å²) in [4.78, 5) is -0.0870. The Kier molecular flexibility index (Phi) is 4.14. The van der Waals surface area contributed by atoms with Gasteiger partial charge >= 0.3 is 0 Å². The first-order valence-electron chi connectivity index (χ1n) is 5.91. The van der Waals surface area contributed by atoms with Crippen molar-refractivity contribution in [3.63, 3.8) is 0 Å². The van der Waals surface area contributed by atoms with Gasteiger partial charge in [-0.2, -0.15) is 4.31 Å². The summed E-state index contributed by atoms with van der Waals surface area (Å²) in [6.07, 6.45) is 1.18. The molecule has 0 saturated carbocycles. The minimum absolute atomic E-state index is 0.0525. The normalized spacial score (nSPS) is 25.5. The zero-order chi connectivity index (χ0) is 14.3. The smallest absolute Gasteiger partial charge is 0.246 e. The van der Waals surface area contributed by atoms with E-state index in [-0.39, 0.29) is 21.5 Å². The van der Waals surface area contributed by atoms with Gasteiger partial charge in [-0.3, -0.25) is 0 Å². The fraction of sp³-hybridized carbons (Fsp3) is 0.500. The number of sulfonamides is 1. The first-order chi connectivity index (χ1) is 8.74. The van der Waals surface area contributed by atoms with Crippen LogP contribution < -0.4 is 0 Å². The van der Waals surface area contributed by atoms with Crippen molar-refractivity contribution < 1.29 is 13.5 Å². The maximum Gasteiger partial charge on any atom is 0.246 e. The fourth-order valence-corrected chi connectivity index (χ4v) is 4.92. The fourth-order valence-electron chi connectivity index (χ4n) is 2.24. The molecule has 106 valence electrons. The molecule has 0 aliphatic carbocycles. The van der Waals surface area contributed by atoms with Crippen molar-refractivity contribution >= 4 is 33.2 Å². The number of hydrogen-bond acceptors (Lipinski definition) is 3. The average Bonchev–Trinajstić information content (AvgIpc) is 2.27. The maximum absolute atomic E-state index is 12.6. The molecule has 1 N–H and O–H groups in total. The SMILES string of the molecule is CC1(O)CCCN(S(=O)(=O)c2c(Cl)cccc2Cl)C1. The second kappa shape index (κ2) is 5.22. The van der Waals surface area contributed by atoms with E-state index in [0.717, 1.165) is 0 Å². The monoisotopic (exact) mass is 323 g/mol. The van der Waals surface area contributed by atoms with Gasteiger partial charge in [-0.1, -0.05) is 29.3 Å². The molecule has 1 aliphatic rings. The first kappa shape index (κ1) is 15.1. The van der Waals surface area contributed by atoms with Gasteiger partial charge in [-0.15, -0.1) is 0 Å². The van der Waals surface area contributed by atoms with E-state index in [0.29, 0.717) is 19.4 Å². The van der Waals surface area contributed by atoms with E-state index in [1.807, 2.05) is 0 Å². The zero-order valence-corrected chi connectivity index (χ0v) is 12.8. The summed E-state index contributed by atoms with van der Waals surface area (Å²) >= 11 is 11.9. The first-order valence-corrected chi connectivity index (χ1v) is 8.10. The Labute approximate surface area is 123 Å². The highest BCUT2D eigenvalue weighted by Crippen LogP contribution is 2.33. The van der Waals surface area contributed by atoms with Gasteiger partial charge in [0.25, 0.3) is 0 Å². The predicted molar refractivity (Wildman–Crippen MR) is 75.1 cm³/mol. The highest BCUT2D eigenvalue weighted by Gasteiger charge is 2.37. The van der Waals surface area contributed by atoms with E-state index in [1.165, 1.54) is 16.4 Å². The standard InChI is InChI=1S/C12H15Cl2NO3S/c1-12(16)6-3-7-15(8-12)19(17,18)11-9(13)4-2-5-10(11)14/h2,4-5,16H,3,6-8H2,1H3. The van der Waals surface area contributed by atoms with E-state index < -0.39 is 15.6 Å². The van der Waals surface area contributed by atoms with Crippen LogP contribution in [0, 0.1) is 0 Å². The minimum atomic E-state index is -3.78. The van der Waals surface area contributed by atoms with Crippen LogP contribution in [0.15, 0.2) is 23.1 Å². The quantitative estimate of drug-likeness (QED) is 0.909. The molecular formula is C12H15Cl2NO3S. The van der Waals surface area contributed by atoms with Crippen LogP contribution in [0.3, 0.4) is 0 Å². The molecule has 0 bridgehead atoms. The number of halogens is 2. The highest BCUT2D eigenvalue weighted by molar-refractivity contribution is 7.89. The molecule has 1 heterocycles. The number of nitrogens with zero attached hydrogens (tertiary/aromatic N) is 1. The Balaban J connectivity index is 2.43. The van der Waals surface area contributed by atoms with Crippen molar-refractivity contribution in [3.05, 3.63) is 28.2 Å². The van der Waals surface area contributed by atoms with Crippen LogP contribution >= 0.6 is 23.2 Å². The summed E-state index contributed by atoms with van der Waals surface area (Å²) in [7, 11) is -3.78. The second-order valence-electron chi connectivity index (χ2n) is 4.99. The van der Waals surface area contributed by atoms with E-state index >= 15 is 0 Å². The number of rotatable bonds is 2. The molecule has 1 atom stereocenters. The summed E-state index contributed by atoms with van der Waals surface area (Å²) in [6, 6.07) is 4.57. The summed E-state index contributed by atoms with van der Waals surface area (Å²) in [5.41, 5.74) is -1.01. The Bertz CT molecular complexity index is 566. The Hall–Kier alpha value is -0.330. The summed E-state index contributed by atoms with van der Waals surface area (Å²) in [5, 5.41) is 10.2. The molecule has 19 heavy (non-hydrogen) atoms. The number of piperidine rings is 1. The van der Waals surface area contributed by atoms with E-state index in [4.69, 9.17) is 23.2 Å². The van der Waals surface area contributed by atoms with Crippen LogP contribution in [0.2, 0.25) is 10.0 Å². The van der Waals surface area contributed by atoms with Gasteiger partial charge in [0.2, 0.25) is 10.0 Å². The van der Waals surface area contributed by atoms with Gasteiger partial charge in [-0.25, -0.2) is 8.42 Å². The maximum atomic E-state index is 12.6.